The number of amides is 3. The highest BCUT2D eigenvalue weighted by molar-refractivity contribution is 5.95. The number of primary amides is 1. The highest BCUT2D eigenvalue weighted by atomic mass is 16.6. The molecule has 1 aliphatic carbocycles. The lowest BCUT2D eigenvalue weighted by atomic mass is 10.0. The van der Waals surface area contributed by atoms with Gasteiger partial charge in [0.1, 0.15) is 0 Å². The molecule has 1 aromatic carbocycles. The molecule has 10 nitrogen and oxygen atoms in total. The number of rotatable bonds is 5. The SMILES string of the molecule is NC(=O)OC1CCCCN1C(=O)c1ccc(-c2cccc3nc(NC(=O)C4CC4)nn23)cc1. The second kappa shape index (κ2) is 8.53. The number of hydrogen-bond donors (Lipinski definition) is 2. The van der Waals surface area contributed by atoms with Gasteiger partial charge in [0.2, 0.25) is 11.9 Å². The van der Waals surface area contributed by atoms with Crippen molar-refractivity contribution in [2.75, 3.05) is 11.9 Å². The van der Waals surface area contributed by atoms with E-state index in [4.69, 9.17) is 10.5 Å². The minimum Gasteiger partial charge on any atom is -0.425 e. The van der Waals surface area contributed by atoms with Gasteiger partial charge in [-0.1, -0.05) is 18.2 Å². The maximum atomic E-state index is 13.0. The molecular formula is C23H24N6O4. The van der Waals surface area contributed by atoms with Gasteiger partial charge in [0, 0.05) is 30.0 Å². The Morgan fingerprint density at radius 3 is 2.55 bits per heavy atom. The van der Waals surface area contributed by atoms with E-state index in [1.807, 2.05) is 30.3 Å². The molecule has 2 aromatic heterocycles. The van der Waals surface area contributed by atoms with Crippen molar-refractivity contribution in [3.05, 3.63) is 48.0 Å². The predicted molar refractivity (Wildman–Crippen MR) is 119 cm³/mol. The van der Waals surface area contributed by atoms with Crippen molar-refractivity contribution >= 4 is 29.5 Å². The third-order valence-electron chi connectivity index (χ3n) is 5.93. The second-order valence-electron chi connectivity index (χ2n) is 8.34. The van der Waals surface area contributed by atoms with Crippen LogP contribution >= 0.6 is 0 Å². The molecule has 1 atom stereocenters. The fraction of sp³-hybridized carbons (Fsp3) is 0.348. The summed E-state index contributed by atoms with van der Waals surface area (Å²) in [5, 5.41) is 7.22. The molecular weight excluding hydrogens is 424 g/mol. The molecule has 10 heteroatoms. The van der Waals surface area contributed by atoms with Gasteiger partial charge >= 0.3 is 6.09 Å². The molecule has 1 aliphatic heterocycles. The lowest BCUT2D eigenvalue weighted by Crippen LogP contribution is -2.46. The van der Waals surface area contributed by atoms with E-state index < -0.39 is 12.3 Å². The van der Waals surface area contributed by atoms with Crippen molar-refractivity contribution < 1.29 is 19.1 Å². The van der Waals surface area contributed by atoms with Crippen LogP contribution in [-0.4, -0.2) is 50.2 Å². The first kappa shape index (κ1) is 20.9. The Bertz CT molecular complexity index is 1220. The summed E-state index contributed by atoms with van der Waals surface area (Å²) >= 11 is 0. The van der Waals surface area contributed by atoms with Gasteiger partial charge in [-0.25, -0.2) is 9.31 Å². The predicted octanol–water partition coefficient (Wildman–Crippen LogP) is 2.79. The normalized spacial score (nSPS) is 18.2. The average molecular weight is 448 g/mol. The summed E-state index contributed by atoms with van der Waals surface area (Å²) < 4.78 is 6.80. The van der Waals surface area contributed by atoms with Crippen LogP contribution in [0.1, 0.15) is 42.5 Å². The highest BCUT2D eigenvalue weighted by Crippen LogP contribution is 2.30. The number of hydrogen-bond acceptors (Lipinski definition) is 6. The van der Waals surface area contributed by atoms with Gasteiger partial charge in [-0.3, -0.25) is 14.9 Å². The standard InChI is InChI=1S/C23H24N6O4/c24-22(32)33-19-6-1-2-13-28(19)21(31)16-11-7-14(8-12-16)17-4-3-5-18-25-23(27-29(17)18)26-20(30)15-9-10-15/h3-5,7-8,11-12,15,19H,1-2,6,9-10,13H2,(H2,24,32)(H,26,27,30). The van der Waals surface area contributed by atoms with Gasteiger partial charge < -0.3 is 15.4 Å². The number of likely N-dealkylation sites (tertiary alicyclic amines) is 1. The third kappa shape index (κ3) is 4.36. The monoisotopic (exact) mass is 448 g/mol. The number of nitrogens with one attached hydrogen (secondary N) is 1. The summed E-state index contributed by atoms with van der Waals surface area (Å²) in [4.78, 5) is 42.2. The first-order chi connectivity index (χ1) is 16.0. The van der Waals surface area contributed by atoms with Crippen LogP contribution in [0.25, 0.3) is 16.9 Å². The van der Waals surface area contributed by atoms with E-state index in [1.54, 1.807) is 21.5 Å². The molecule has 170 valence electrons. The number of anilines is 1. The Kier molecular flexibility index (Phi) is 5.41. The van der Waals surface area contributed by atoms with Crippen LogP contribution < -0.4 is 11.1 Å². The van der Waals surface area contributed by atoms with Crippen molar-refractivity contribution in [2.45, 2.75) is 38.3 Å². The van der Waals surface area contributed by atoms with Crippen LogP contribution in [0.15, 0.2) is 42.5 Å². The number of nitrogens with zero attached hydrogens (tertiary/aromatic N) is 4. The van der Waals surface area contributed by atoms with Gasteiger partial charge in [-0.15, -0.1) is 5.10 Å². The molecule has 0 radical (unpaired) electrons. The van der Waals surface area contributed by atoms with Gasteiger partial charge in [0.05, 0.1) is 5.69 Å². The topological polar surface area (TPSA) is 132 Å². The van der Waals surface area contributed by atoms with E-state index in [2.05, 4.69) is 15.4 Å². The van der Waals surface area contributed by atoms with Crippen molar-refractivity contribution in [1.29, 1.82) is 0 Å². The summed E-state index contributed by atoms with van der Waals surface area (Å²) in [6.07, 6.45) is 2.56. The van der Waals surface area contributed by atoms with Gasteiger partial charge in [0.25, 0.3) is 5.91 Å². The smallest absolute Gasteiger partial charge is 0.406 e. The minimum absolute atomic E-state index is 0.0494. The Balaban J connectivity index is 1.37. The van der Waals surface area contributed by atoms with Crippen LogP contribution in [0.3, 0.4) is 0 Å². The van der Waals surface area contributed by atoms with Crippen molar-refractivity contribution in [3.63, 3.8) is 0 Å². The quantitative estimate of drug-likeness (QED) is 0.617. The number of fused-ring (bicyclic) bond motifs is 1. The largest absolute Gasteiger partial charge is 0.425 e. The van der Waals surface area contributed by atoms with Gasteiger partial charge in [-0.05, 0) is 49.9 Å². The lowest BCUT2D eigenvalue weighted by molar-refractivity contribution is -0.117. The Morgan fingerprint density at radius 1 is 1.03 bits per heavy atom. The maximum Gasteiger partial charge on any atom is 0.406 e. The molecule has 3 heterocycles. The molecule has 33 heavy (non-hydrogen) atoms. The fourth-order valence-electron chi connectivity index (χ4n) is 4.07. The van der Waals surface area contributed by atoms with E-state index >= 15 is 0 Å². The van der Waals surface area contributed by atoms with E-state index in [0.29, 0.717) is 24.2 Å². The molecule has 1 saturated heterocycles. The molecule has 1 unspecified atom stereocenters. The molecule has 5 rings (SSSR count). The first-order valence-electron chi connectivity index (χ1n) is 11.0. The number of nitrogens with two attached hydrogens (primary N) is 1. The number of carbonyl (C=O) groups excluding carboxylic acids is 3. The number of carbonyl (C=O) groups is 3. The number of pyridine rings is 1. The van der Waals surface area contributed by atoms with Crippen molar-refractivity contribution in [2.24, 2.45) is 11.7 Å². The maximum absolute atomic E-state index is 13.0. The van der Waals surface area contributed by atoms with E-state index in [1.165, 1.54) is 0 Å². The van der Waals surface area contributed by atoms with Gasteiger partial charge in [-0.2, -0.15) is 4.98 Å². The van der Waals surface area contributed by atoms with Crippen LogP contribution in [-0.2, 0) is 9.53 Å². The zero-order valence-corrected chi connectivity index (χ0v) is 17.9. The number of aromatic nitrogens is 3. The molecule has 0 spiro atoms. The van der Waals surface area contributed by atoms with E-state index in [-0.39, 0.29) is 23.7 Å². The minimum atomic E-state index is -0.885. The average Bonchev–Trinajstić information content (AvgIpc) is 3.58. The highest BCUT2D eigenvalue weighted by Gasteiger charge is 2.31. The van der Waals surface area contributed by atoms with Crippen LogP contribution in [0.4, 0.5) is 10.7 Å². The number of piperidine rings is 1. The van der Waals surface area contributed by atoms with Crippen LogP contribution in [0, 0.1) is 5.92 Å². The number of benzene rings is 1. The summed E-state index contributed by atoms with van der Waals surface area (Å²) in [5.41, 5.74) is 7.88. The third-order valence-corrected chi connectivity index (χ3v) is 5.93. The fourth-order valence-corrected chi connectivity index (χ4v) is 4.07. The van der Waals surface area contributed by atoms with Crippen molar-refractivity contribution in [3.8, 4) is 11.3 Å². The van der Waals surface area contributed by atoms with Crippen molar-refractivity contribution in [1.82, 2.24) is 19.5 Å². The molecule has 0 bridgehead atoms. The van der Waals surface area contributed by atoms with Crippen LogP contribution in [0.2, 0.25) is 0 Å². The van der Waals surface area contributed by atoms with Gasteiger partial charge in [0.15, 0.2) is 11.9 Å². The molecule has 2 fully saturated rings. The Morgan fingerprint density at radius 2 is 1.82 bits per heavy atom. The lowest BCUT2D eigenvalue weighted by Gasteiger charge is -2.34. The Labute approximate surface area is 189 Å². The molecule has 1 saturated carbocycles. The molecule has 3 N–H and O–H groups in total. The van der Waals surface area contributed by atoms with E-state index in [9.17, 15) is 14.4 Å². The van der Waals surface area contributed by atoms with Crippen LogP contribution in [0.5, 0.6) is 0 Å². The second-order valence-corrected chi connectivity index (χ2v) is 8.34. The summed E-state index contributed by atoms with van der Waals surface area (Å²) in [7, 11) is 0. The zero-order chi connectivity index (χ0) is 22.9. The molecule has 3 amide bonds. The summed E-state index contributed by atoms with van der Waals surface area (Å²) in [6, 6.07) is 12.7. The zero-order valence-electron chi connectivity index (χ0n) is 17.9. The summed E-state index contributed by atoms with van der Waals surface area (Å²) in [5.74, 6) is 0.0777. The number of ether oxygens (including phenoxy) is 1. The molecule has 2 aliphatic rings. The first-order valence-corrected chi connectivity index (χ1v) is 11.0. The van der Waals surface area contributed by atoms with E-state index in [0.717, 1.165) is 36.9 Å². The molecule has 3 aromatic rings. The summed E-state index contributed by atoms with van der Waals surface area (Å²) in [6.45, 7) is 0.506. The Hall–Kier alpha value is -3.95.